The fourth-order valence-corrected chi connectivity index (χ4v) is 13.4. The number of nitrogens with zero attached hydrogens (tertiary/aromatic N) is 4. The summed E-state index contributed by atoms with van der Waals surface area (Å²) >= 11 is 0. The Labute approximate surface area is 521 Å². The largest absolute Gasteiger partial charge is 0.509 e. The molecule has 3 heterocycles. The van der Waals surface area contributed by atoms with E-state index in [4.69, 9.17) is 25.3 Å². The predicted octanol–water partition coefficient (Wildman–Crippen LogP) is 21.2. The number of aryl methyl sites for hydroxylation is 2. The molecule has 89 heavy (non-hydrogen) atoms. The SMILES string of the molecule is C=C(C)c1cccc(C)c1C.C=C(O)/C(O)=C(\C)O.Cn1c2ccccc2c2cccc(-c3ccc4cc5c(cc4c3)-c3ccc(C4=CC6C(C=C4)c4ccccc4N6c4nc(-c6ccccc6)cc(-c6ccc(-c7ccccc7)cc6)n4)cc3C5(C)C)c21. The van der Waals surface area contributed by atoms with E-state index >= 15 is 0 Å². The van der Waals surface area contributed by atoms with Gasteiger partial charge in [0.2, 0.25) is 5.95 Å². The van der Waals surface area contributed by atoms with Crippen molar-refractivity contribution in [3.63, 3.8) is 0 Å². The molecule has 12 aromatic rings. The van der Waals surface area contributed by atoms with Gasteiger partial charge < -0.3 is 24.8 Å². The van der Waals surface area contributed by atoms with Gasteiger partial charge in [-0.15, -0.1) is 0 Å². The third-order valence-corrected chi connectivity index (χ3v) is 18.2. The number of fused-ring (bicyclic) bond motifs is 10. The molecule has 2 atom stereocenters. The van der Waals surface area contributed by atoms with Crippen molar-refractivity contribution in [1.82, 2.24) is 14.5 Å². The molecule has 0 saturated heterocycles. The summed E-state index contributed by atoms with van der Waals surface area (Å²) in [6.07, 6.45) is 7.20. The summed E-state index contributed by atoms with van der Waals surface area (Å²) in [5.74, 6) is -0.575. The highest BCUT2D eigenvalue weighted by Gasteiger charge is 2.41. The first kappa shape index (κ1) is 57.3. The molecular formula is C82H70N4O3. The maximum Gasteiger partial charge on any atom is 0.231 e. The van der Waals surface area contributed by atoms with Crippen LogP contribution in [-0.4, -0.2) is 35.9 Å². The van der Waals surface area contributed by atoms with Crippen molar-refractivity contribution in [2.24, 2.45) is 7.05 Å². The van der Waals surface area contributed by atoms with Crippen molar-refractivity contribution >= 4 is 55.4 Å². The van der Waals surface area contributed by atoms with Gasteiger partial charge in [0, 0.05) is 57.0 Å². The number of hydrogen-bond acceptors (Lipinski definition) is 6. The minimum absolute atomic E-state index is 0.0190. The zero-order valence-corrected chi connectivity index (χ0v) is 51.3. The summed E-state index contributed by atoms with van der Waals surface area (Å²) in [7, 11) is 2.19. The summed E-state index contributed by atoms with van der Waals surface area (Å²) in [5, 5.41) is 30.3. The third kappa shape index (κ3) is 10.5. The molecule has 0 bridgehead atoms. The van der Waals surface area contributed by atoms with Gasteiger partial charge in [-0.05, 0) is 153 Å². The molecule has 0 spiro atoms. The number of benzene rings is 10. The van der Waals surface area contributed by atoms with E-state index in [-0.39, 0.29) is 23.1 Å². The zero-order valence-electron chi connectivity index (χ0n) is 51.3. The standard InChI is InChI=1S/C66H48N4.C11H14.C5H8O3/c1-66(2)57-37-45(31-33-51(57)56-36-49-35-48(30-29-46(49)38-58(56)66)50-21-14-22-55-53-20-10-12-23-61(53)69(3)64(50)55)47-32-34-54-52-19-11-13-24-62(52)70(63(54)39-47)65-67-59(43-17-8-5-9-18-43)40-60(68-65)44-27-25-42(26-28-44)41-15-6-4-7-16-41;1-8(2)11-7-5-6-9(3)10(11)4;1-3(6)5(8)4(2)7/h4-40,54,63H,1-3H3;5-7H,1H2,2-4H3;6-8H,1H2,2H3/b;;5-4-. The first-order valence-corrected chi connectivity index (χ1v) is 30.3. The van der Waals surface area contributed by atoms with Gasteiger partial charge >= 0.3 is 0 Å². The van der Waals surface area contributed by atoms with E-state index in [1.54, 1.807) is 0 Å². The lowest BCUT2D eigenvalue weighted by atomic mass is 9.80. The molecule has 0 fully saturated rings. The van der Waals surface area contributed by atoms with Crippen LogP contribution in [0.25, 0.3) is 99.6 Å². The first-order chi connectivity index (χ1) is 43.0. The van der Waals surface area contributed by atoms with Crippen LogP contribution in [0.3, 0.4) is 0 Å². The number of rotatable bonds is 8. The molecule has 0 saturated carbocycles. The highest BCUT2D eigenvalue weighted by atomic mass is 16.3. The molecule has 2 unspecified atom stereocenters. The van der Waals surface area contributed by atoms with Crippen LogP contribution in [0, 0.1) is 13.8 Å². The molecule has 15 rings (SSSR count). The number of aliphatic hydroxyl groups excluding tert-OH is 3. The van der Waals surface area contributed by atoms with Crippen LogP contribution in [0.2, 0.25) is 0 Å². The Morgan fingerprint density at radius 2 is 1.13 bits per heavy atom. The van der Waals surface area contributed by atoms with Gasteiger partial charge in [0.1, 0.15) is 5.76 Å². The van der Waals surface area contributed by atoms with Crippen LogP contribution < -0.4 is 4.90 Å². The van der Waals surface area contributed by atoms with Crippen molar-refractivity contribution in [2.75, 3.05) is 4.90 Å². The van der Waals surface area contributed by atoms with E-state index in [9.17, 15) is 0 Å². The molecule has 2 aliphatic carbocycles. The molecule has 0 radical (unpaired) electrons. The van der Waals surface area contributed by atoms with Crippen LogP contribution in [0.4, 0.5) is 11.6 Å². The van der Waals surface area contributed by atoms with Crippen LogP contribution in [0.1, 0.15) is 72.6 Å². The van der Waals surface area contributed by atoms with E-state index in [1.807, 2.05) is 6.92 Å². The Hall–Kier alpha value is -10.8. The highest BCUT2D eigenvalue weighted by molar-refractivity contribution is 6.13. The van der Waals surface area contributed by atoms with Gasteiger partial charge in [-0.2, -0.15) is 0 Å². The number of hydrogen-bond donors (Lipinski definition) is 3. The Balaban J connectivity index is 0.000000332. The number of allylic oxidation sites excluding steroid dienone is 4. The molecule has 436 valence electrons. The third-order valence-electron chi connectivity index (χ3n) is 18.2. The van der Waals surface area contributed by atoms with Gasteiger partial charge in [-0.1, -0.05) is 233 Å². The van der Waals surface area contributed by atoms with Crippen LogP contribution in [-0.2, 0) is 12.5 Å². The molecule has 10 aromatic carbocycles. The summed E-state index contributed by atoms with van der Waals surface area (Å²) in [5.41, 5.74) is 26.5. The second-order valence-corrected chi connectivity index (χ2v) is 24.2. The highest BCUT2D eigenvalue weighted by Crippen LogP contribution is 2.53. The molecule has 2 aromatic heterocycles. The monoisotopic (exact) mass is 1160 g/mol. The number of aliphatic hydroxyl groups is 3. The molecule has 7 nitrogen and oxygen atoms in total. The van der Waals surface area contributed by atoms with E-state index in [1.165, 1.54) is 117 Å². The lowest BCUT2D eigenvalue weighted by Gasteiger charge is -2.29. The van der Waals surface area contributed by atoms with Crippen molar-refractivity contribution in [2.45, 2.75) is 58.9 Å². The Morgan fingerprint density at radius 1 is 0.528 bits per heavy atom. The summed E-state index contributed by atoms with van der Waals surface area (Å²) < 4.78 is 2.35. The van der Waals surface area contributed by atoms with E-state index in [0.717, 1.165) is 33.8 Å². The van der Waals surface area contributed by atoms with Crippen molar-refractivity contribution in [3.8, 4) is 55.9 Å². The topological polar surface area (TPSA) is 94.6 Å². The van der Waals surface area contributed by atoms with Gasteiger partial charge in [0.05, 0.1) is 22.9 Å². The van der Waals surface area contributed by atoms with E-state index in [2.05, 4.69) is 300 Å². The molecular weight excluding hydrogens is 1090 g/mol. The number of para-hydroxylation sites is 3. The molecule has 1 aliphatic heterocycles. The van der Waals surface area contributed by atoms with Crippen molar-refractivity contribution in [3.05, 3.63) is 312 Å². The quantitative estimate of drug-likeness (QED) is 0.104. The normalized spacial score (nSPS) is 15.2. The van der Waals surface area contributed by atoms with Gasteiger partial charge in [-0.3, -0.25) is 0 Å². The van der Waals surface area contributed by atoms with Crippen molar-refractivity contribution < 1.29 is 15.3 Å². The summed E-state index contributed by atoms with van der Waals surface area (Å²) in [6.45, 7) is 19.2. The second-order valence-electron chi connectivity index (χ2n) is 24.2. The maximum absolute atomic E-state index is 8.48. The minimum Gasteiger partial charge on any atom is -0.509 e. The summed E-state index contributed by atoms with van der Waals surface area (Å²) in [4.78, 5) is 13.2. The molecule has 3 aliphatic rings. The second kappa shape index (κ2) is 23.2. The Bertz CT molecular complexity index is 4890. The zero-order chi connectivity index (χ0) is 61.8. The fraction of sp³-hybridized carbons (Fsp3) is 0.122. The number of anilines is 2. The maximum atomic E-state index is 8.48. The van der Waals surface area contributed by atoms with Gasteiger partial charge in [-0.25, -0.2) is 9.97 Å². The van der Waals surface area contributed by atoms with Crippen LogP contribution in [0.15, 0.2) is 273 Å². The predicted molar refractivity (Wildman–Crippen MR) is 372 cm³/mol. The average molecular weight is 1160 g/mol. The summed E-state index contributed by atoms with van der Waals surface area (Å²) in [6, 6.07) is 81.5. The first-order valence-electron chi connectivity index (χ1n) is 30.3. The minimum atomic E-state index is -0.565. The molecule has 7 heteroatoms. The average Bonchev–Trinajstić information content (AvgIpc) is 1.60. The van der Waals surface area contributed by atoms with E-state index in [0.29, 0.717) is 5.95 Å². The Kier molecular flexibility index (Phi) is 14.9. The Morgan fingerprint density at radius 3 is 1.83 bits per heavy atom. The van der Waals surface area contributed by atoms with E-state index < -0.39 is 11.5 Å². The number of aromatic nitrogens is 3. The van der Waals surface area contributed by atoms with Gasteiger partial charge in [0.15, 0.2) is 11.5 Å². The van der Waals surface area contributed by atoms with Crippen LogP contribution in [0.5, 0.6) is 0 Å². The lowest BCUT2D eigenvalue weighted by Crippen LogP contribution is -2.30. The lowest BCUT2D eigenvalue weighted by molar-refractivity contribution is 0.286. The van der Waals surface area contributed by atoms with Crippen molar-refractivity contribution in [1.29, 1.82) is 0 Å². The molecule has 0 amide bonds. The van der Waals surface area contributed by atoms with Crippen LogP contribution >= 0.6 is 0 Å². The van der Waals surface area contributed by atoms with Gasteiger partial charge in [0.25, 0.3) is 0 Å². The fourth-order valence-electron chi connectivity index (χ4n) is 13.4. The smallest absolute Gasteiger partial charge is 0.231 e. The molecule has 3 N–H and O–H groups in total.